The molecule has 0 bridgehead atoms. The summed E-state index contributed by atoms with van der Waals surface area (Å²) >= 11 is 0. The first-order valence-corrected chi connectivity index (χ1v) is 6.96. The molecule has 1 aromatic carbocycles. The second-order valence-corrected chi connectivity index (χ2v) is 5.25. The van der Waals surface area contributed by atoms with Crippen molar-refractivity contribution in [1.29, 1.82) is 5.26 Å². The van der Waals surface area contributed by atoms with E-state index in [4.69, 9.17) is 5.26 Å². The highest BCUT2D eigenvalue weighted by Gasteiger charge is 2.14. The smallest absolute Gasteiger partial charge is 0.238 e. The summed E-state index contributed by atoms with van der Waals surface area (Å²) in [6, 6.07) is 7.19. The van der Waals surface area contributed by atoms with Crippen LogP contribution in [0.3, 0.4) is 0 Å². The van der Waals surface area contributed by atoms with Gasteiger partial charge in [-0.15, -0.1) is 0 Å². The van der Waals surface area contributed by atoms with Crippen LogP contribution >= 0.6 is 0 Å². The number of rotatable bonds is 6. The van der Waals surface area contributed by atoms with Crippen molar-refractivity contribution in [3.05, 3.63) is 41.6 Å². The van der Waals surface area contributed by atoms with Gasteiger partial charge in [0.25, 0.3) is 0 Å². The average Bonchev–Trinajstić information content (AvgIpc) is 2.88. The summed E-state index contributed by atoms with van der Waals surface area (Å²) < 4.78 is 24.4. The highest BCUT2D eigenvalue weighted by Crippen LogP contribution is 2.19. The molecule has 0 aliphatic rings. The van der Waals surface area contributed by atoms with E-state index in [1.165, 1.54) is 0 Å². The normalized spacial score (nSPS) is 10.8. The monoisotopic (exact) mass is 300 g/mol. The van der Waals surface area contributed by atoms with Crippen molar-refractivity contribution >= 4 is 30.0 Å². The number of nitrogens with zero attached hydrogens (tertiary/aromatic N) is 1. The van der Waals surface area contributed by atoms with Gasteiger partial charge in [0.05, 0.1) is 11.3 Å². The molecule has 1 aromatic heterocycles. The molecule has 0 saturated heterocycles. The Bertz CT molecular complexity index is 774. The number of carbonyl (C=O) groups is 1. The largest absolute Gasteiger partial charge is 0.352 e. The minimum atomic E-state index is -2.28. The molecule has 22 heavy (non-hydrogen) atoms. The third-order valence-electron chi connectivity index (χ3n) is 3.60. The van der Waals surface area contributed by atoms with Crippen molar-refractivity contribution < 1.29 is 13.6 Å². The van der Waals surface area contributed by atoms with E-state index in [1.54, 1.807) is 12.1 Å². The number of hydrogen-bond donors (Lipinski definition) is 1. The number of halogens is 2. The molecule has 1 N–H and O–H groups in total. The van der Waals surface area contributed by atoms with Gasteiger partial charge < -0.3 is 4.98 Å². The summed E-state index contributed by atoms with van der Waals surface area (Å²) in [5.74, 6) is -0.435. The number of carbonyl (C=O) groups excluding carboxylic acids is 1. The number of allylic oxidation sites excluding steroid dienone is 1. The lowest BCUT2D eigenvalue weighted by Crippen LogP contribution is -2.10. The lowest BCUT2D eigenvalue weighted by atomic mass is 9.87. The Balaban J connectivity index is 2.28. The highest BCUT2D eigenvalue weighted by molar-refractivity contribution is 6.34. The minimum absolute atomic E-state index is 0.115. The van der Waals surface area contributed by atoms with Gasteiger partial charge in [0, 0.05) is 17.3 Å². The molecule has 0 spiro atoms. The van der Waals surface area contributed by atoms with Gasteiger partial charge in [-0.25, -0.2) is 8.78 Å². The minimum Gasteiger partial charge on any atom is -0.352 e. The zero-order chi connectivity index (χ0) is 16.3. The Morgan fingerprint density at radius 1 is 1.41 bits per heavy atom. The average molecular weight is 300 g/mol. The topological polar surface area (TPSA) is 56.6 Å². The van der Waals surface area contributed by atoms with Gasteiger partial charge in [0.2, 0.25) is 12.2 Å². The Kier molecular flexibility index (Phi) is 4.76. The molecule has 0 radical (unpaired) electrons. The standard InChI is InChI=1S/C16H15BF2N2O/c1-9(8-20)16(22)14-6-11-5-10(3-2-4-15(18)19)12(17)7-13(11)21-14/h5-7,15,21H,1-4,17H2. The third kappa shape index (κ3) is 3.42. The predicted octanol–water partition coefficient (Wildman–Crippen LogP) is 2.28. The summed E-state index contributed by atoms with van der Waals surface area (Å²) in [6.07, 6.45) is -1.40. The highest BCUT2D eigenvalue weighted by atomic mass is 19.3. The van der Waals surface area contributed by atoms with Crippen LogP contribution in [0.15, 0.2) is 30.4 Å². The van der Waals surface area contributed by atoms with Gasteiger partial charge in [-0.1, -0.05) is 23.7 Å². The predicted molar refractivity (Wildman–Crippen MR) is 84.5 cm³/mol. The molecule has 6 heteroatoms. The van der Waals surface area contributed by atoms with Gasteiger partial charge in [-0.3, -0.25) is 4.79 Å². The second kappa shape index (κ2) is 6.57. The van der Waals surface area contributed by atoms with Crippen molar-refractivity contribution in [2.75, 3.05) is 0 Å². The van der Waals surface area contributed by atoms with Gasteiger partial charge >= 0.3 is 0 Å². The van der Waals surface area contributed by atoms with E-state index in [0.29, 0.717) is 18.5 Å². The summed E-state index contributed by atoms with van der Waals surface area (Å²) in [4.78, 5) is 14.9. The van der Waals surface area contributed by atoms with Crippen molar-refractivity contribution in [3.8, 4) is 6.07 Å². The maximum absolute atomic E-state index is 12.2. The Morgan fingerprint density at radius 2 is 2.14 bits per heavy atom. The first-order chi connectivity index (χ1) is 10.4. The number of ketones is 1. The number of fused-ring (bicyclic) bond motifs is 1. The molecule has 112 valence electrons. The Labute approximate surface area is 128 Å². The van der Waals surface area contributed by atoms with Crippen molar-refractivity contribution in [1.82, 2.24) is 4.98 Å². The quantitative estimate of drug-likeness (QED) is 0.385. The number of aromatic amines is 1. The molecule has 2 aromatic rings. The van der Waals surface area contributed by atoms with Crippen LogP contribution in [-0.2, 0) is 6.42 Å². The first-order valence-electron chi connectivity index (χ1n) is 6.96. The van der Waals surface area contributed by atoms with Gasteiger partial charge in [0.1, 0.15) is 13.9 Å². The number of Topliss-reactive ketones (excluding diaryl/α,β-unsaturated/α-hetero) is 1. The van der Waals surface area contributed by atoms with Crippen LogP contribution in [0.1, 0.15) is 28.9 Å². The van der Waals surface area contributed by atoms with E-state index in [-0.39, 0.29) is 12.0 Å². The number of nitriles is 1. The van der Waals surface area contributed by atoms with Gasteiger partial charge in [-0.05, 0) is 25.0 Å². The van der Waals surface area contributed by atoms with Crippen molar-refractivity contribution in [2.24, 2.45) is 0 Å². The van der Waals surface area contributed by atoms with Gasteiger partial charge in [0.15, 0.2) is 0 Å². The van der Waals surface area contributed by atoms with E-state index < -0.39 is 12.2 Å². The number of benzene rings is 1. The second-order valence-electron chi connectivity index (χ2n) is 5.25. The molecular formula is C16H15BF2N2O. The molecular weight excluding hydrogens is 285 g/mol. The molecule has 0 fully saturated rings. The lowest BCUT2D eigenvalue weighted by molar-refractivity contribution is 0.103. The molecule has 1 heterocycles. The van der Waals surface area contributed by atoms with Crippen LogP contribution in [0.2, 0.25) is 0 Å². The molecule has 0 aliphatic carbocycles. The number of alkyl halides is 2. The number of hydrogen-bond acceptors (Lipinski definition) is 2. The Morgan fingerprint density at radius 3 is 2.77 bits per heavy atom. The SMILES string of the molecule is Bc1cc2[nH]c(C(=O)C(=C)C#N)cc2cc1CCCC(F)F. The number of nitrogens with one attached hydrogen (secondary N) is 1. The van der Waals surface area contributed by atoms with Crippen LogP contribution in [0.25, 0.3) is 10.9 Å². The van der Waals surface area contributed by atoms with E-state index >= 15 is 0 Å². The van der Waals surface area contributed by atoms with Crippen LogP contribution in [0.4, 0.5) is 8.78 Å². The Hall–Kier alpha value is -2.42. The molecule has 0 aliphatic heterocycles. The molecule has 2 rings (SSSR count). The van der Waals surface area contributed by atoms with Crippen LogP contribution < -0.4 is 5.46 Å². The molecule has 3 nitrogen and oxygen atoms in total. The molecule has 0 unspecified atom stereocenters. The maximum atomic E-state index is 12.2. The van der Waals surface area contributed by atoms with Crippen molar-refractivity contribution in [3.63, 3.8) is 0 Å². The summed E-state index contributed by atoms with van der Waals surface area (Å²) in [5, 5.41) is 9.55. The summed E-state index contributed by atoms with van der Waals surface area (Å²) in [6.45, 7) is 3.41. The van der Waals surface area contributed by atoms with Crippen LogP contribution in [-0.4, -0.2) is 25.0 Å². The van der Waals surface area contributed by atoms with Gasteiger partial charge in [-0.2, -0.15) is 5.26 Å². The summed E-state index contributed by atoms with van der Waals surface area (Å²) in [7, 11) is 1.91. The molecule has 0 amide bonds. The van der Waals surface area contributed by atoms with Crippen LogP contribution in [0, 0.1) is 11.3 Å². The van der Waals surface area contributed by atoms with E-state index in [9.17, 15) is 13.6 Å². The maximum Gasteiger partial charge on any atom is 0.238 e. The molecule has 0 saturated carbocycles. The molecule has 0 atom stereocenters. The third-order valence-corrected chi connectivity index (χ3v) is 3.60. The van der Waals surface area contributed by atoms with E-state index in [0.717, 1.165) is 21.9 Å². The number of aryl methyl sites for hydroxylation is 1. The fourth-order valence-corrected chi connectivity index (χ4v) is 2.39. The fraction of sp³-hybridized carbons (Fsp3) is 0.250. The lowest BCUT2D eigenvalue weighted by Gasteiger charge is -2.06. The van der Waals surface area contributed by atoms with Crippen molar-refractivity contribution in [2.45, 2.75) is 25.7 Å². The zero-order valence-electron chi connectivity index (χ0n) is 12.2. The zero-order valence-corrected chi connectivity index (χ0v) is 12.2. The van der Waals surface area contributed by atoms with Crippen LogP contribution in [0.5, 0.6) is 0 Å². The van der Waals surface area contributed by atoms with E-state index in [2.05, 4.69) is 11.6 Å². The number of aromatic nitrogens is 1. The summed E-state index contributed by atoms with van der Waals surface area (Å²) in [5.41, 5.74) is 2.95. The van der Waals surface area contributed by atoms with E-state index in [1.807, 2.05) is 20.0 Å². The number of H-pyrrole nitrogens is 1. The first kappa shape index (κ1) is 16.0. The fourth-order valence-electron chi connectivity index (χ4n) is 2.39.